The van der Waals surface area contributed by atoms with Crippen LogP contribution in [0.15, 0.2) is 35.4 Å². The molecule has 1 aromatic rings. The molecular weight excluding hydrogens is 340 g/mol. The summed E-state index contributed by atoms with van der Waals surface area (Å²) in [5.74, 6) is -0.127. The number of piperidine rings is 1. The molecule has 6 nitrogen and oxygen atoms in total. The van der Waals surface area contributed by atoms with Crippen molar-refractivity contribution in [2.24, 2.45) is 5.10 Å². The Morgan fingerprint density at radius 1 is 1.00 bits per heavy atom. The third kappa shape index (κ3) is 6.17. The summed E-state index contributed by atoms with van der Waals surface area (Å²) in [6.07, 6.45) is 6.10. The van der Waals surface area contributed by atoms with Crippen molar-refractivity contribution in [2.75, 3.05) is 32.7 Å². The summed E-state index contributed by atoms with van der Waals surface area (Å²) in [5, 5.41) is 8.86. The molecule has 3 rings (SSSR count). The fourth-order valence-electron chi connectivity index (χ4n) is 3.62. The van der Waals surface area contributed by atoms with E-state index >= 15 is 0 Å². The van der Waals surface area contributed by atoms with E-state index in [0.717, 1.165) is 30.7 Å². The van der Waals surface area contributed by atoms with E-state index in [4.69, 9.17) is 0 Å². The lowest BCUT2D eigenvalue weighted by Crippen LogP contribution is -2.33. The Morgan fingerprint density at radius 2 is 1.78 bits per heavy atom. The van der Waals surface area contributed by atoms with E-state index in [1.807, 2.05) is 30.3 Å². The van der Waals surface area contributed by atoms with Gasteiger partial charge in [-0.3, -0.25) is 9.59 Å². The first kappa shape index (κ1) is 19.5. The number of benzene rings is 1. The number of hydrogen-bond acceptors (Lipinski definition) is 4. The van der Waals surface area contributed by atoms with E-state index in [0.29, 0.717) is 13.1 Å². The highest BCUT2D eigenvalue weighted by Crippen LogP contribution is 2.15. The Bertz CT molecular complexity index is 653. The van der Waals surface area contributed by atoms with Gasteiger partial charge in [-0.2, -0.15) is 5.10 Å². The summed E-state index contributed by atoms with van der Waals surface area (Å²) in [6.45, 7) is 4.70. The minimum absolute atomic E-state index is 0.0477. The first-order valence-corrected chi connectivity index (χ1v) is 10.1. The zero-order valence-electron chi connectivity index (χ0n) is 16.0. The average molecular weight is 370 g/mol. The maximum atomic E-state index is 12.3. The summed E-state index contributed by atoms with van der Waals surface area (Å²) >= 11 is 0. The monoisotopic (exact) mass is 370 g/mol. The van der Waals surface area contributed by atoms with Gasteiger partial charge in [0.2, 0.25) is 11.8 Å². The zero-order valence-corrected chi connectivity index (χ0v) is 16.0. The molecule has 0 radical (unpaired) electrons. The molecule has 0 saturated carbocycles. The Morgan fingerprint density at radius 3 is 2.56 bits per heavy atom. The number of likely N-dealkylation sites (tertiary alicyclic amines) is 1. The zero-order chi connectivity index (χ0) is 18.9. The van der Waals surface area contributed by atoms with Crippen LogP contribution in [0.5, 0.6) is 0 Å². The summed E-state index contributed by atoms with van der Waals surface area (Å²) in [5.41, 5.74) is 1.99. The summed E-state index contributed by atoms with van der Waals surface area (Å²) in [4.78, 5) is 26.7. The Balaban J connectivity index is 1.32. The molecule has 2 aliphatic heterocycles. The van der Waals surface area contributed by atoms with E-state index in [1.165, 1.54) is 37.4 Å². The first-order valence-electron chi connectivity index (χ1n) is 10.1. The quantitative estimate of drug-likeness (QED) is 0.715. The Labute approximate surface area is 161 Å². The molecular formula is C21H30N4O2. The lowest BCUT2D eigenvalue weighted by Gasteiger charge is -2.26. The number of rotatable bonds is 8. The van der Waals surface area contributed by atoms with Crippen LogP contribution in [0.3, 0.4) is 0 Å². The van der Waals surface area contributed by atoms with E-state index in [-0.39, 0.29) is 24.7 Å². The van der Waals surface area contributed by atoms with Crippen molar-refractivity contribution in [3.8, 4) is 0 Å². The van der Waals surface area contributed by atoms with Crippen molar-refractivity contribution in [1.29, 1.82) is 0 Å². The smallest absolute Gasteiger partial charge is 0.243 e. The van der Waals surface area contributed by atoms with Gasteiger partial charge in [-0.05, 0) is 44.5 Å². The molecule has 2 heterocycles. The highest BCUT2D eigenvalue weighted by atomic mass is 16.2. The highest BCUT2D eigenvalue weighted by Gasteiger charge is 2.21. The van der Waals surface area contributed by atoms with Crippen LogP contribution in [0, 0.1) is 0 Å². The fraction of sp³-hybridized carbons (Fsp3) is 0.571. The Kier molecular flexibility index (Phi) is 7.39. The molecule has 1 saturated heterocycles. The molecule has 1 N–H and O–H groups in total. The number of amides is 2. The minimum Gasteiger partial charge on any atom is -0.356 e. The van der Waals surface area contributed by atoms with Crippen LogP contribution in [0.4, 0.5) is 0 Å². The lowest BCUT2D eigenvalue weighted by molar-refractivity contribution is -0.133. The first-order chi connectivity index (χ1) is 13.2. The van der Waals surface area contributed by atoms with E-state index < -0.39 is 0 Å². The molecule has 146 valence electrons. The summed E-state index contributed by atoms with van der Waals surface area (Å²) < 4.78 is 0. The van der Waals surface area contributed by atoms with Gasteiger partial charge < -0.3 is 10.2 Å². The van der Waals surface area contributed by atoms with Gasteiger partial charge in [-0.1, -0.05) is 36.8 Å². The number of carbonyl (C=O) groups excluding carboxylic acids is 2. The number of hydrazone groups is 1. The maximum absolute atomic E-state index is 12.3. The molecule has 2 aliphatic rings. The van der Waals surface area contributed by atoms with Crippen LogP contribution in [-0.4, -0.2) is 60.2 Å². The van der Waals surface area contributed by atoms with Crippen molar-refractivity contribution < 1.29 is 9.59 Å². The second kappa shape index (κ2) is 10.2. The van der Waals surface area contributed by atoms with Gasteiger partial charge in [0.1, 0.15) is 0 Å². The van der Waals surface area contributed by atoms with E-state index in [9.17, 15) is 9.59 Å². The highest BCUT2D eigenvalue weighted by molar-refractivity contribution is 6.02. The standard InChI is InChI=1S/C21H30N4O2/c26-20(22-13-7-16-24-14-5-2-6-15-24)10-11-21(27)25-17-12-19(23-25)18-8-3-1-4-9-18/h1,3-4,8-9H,2,5-7,10-17H2,(H,22,26). The van der Waals surface area contributed by atoms with Crippen molar-refractivity contribution >= 4 is 17.5 Å². The summed E-state index contributed by atoms with van der Waals surface area (Å²) in [7, 11) is 0. The van der Waals surface area contributed by atoms with Gasteiger partial charge in [0, 0.05) is 25.8 Å². The topological polar surface area (TPSA) is 65.0 Å². The van der Waals surface area contributed by atoms with Gasteiger partial charge in [0.25, 0.3) is 0 Å². The molecule has 0 spiro atoms. The van der Waals surface area contributed by atoms with E-state index in [1.54, 1.807) is 0 Å². The number of hydrogen-bond donors (Lipinski definition) is 1. The van der Waals surface area contributed by atoms with Crippen LogP contribution >= 0.6 is 0 Å². The van der Waals surface area contributed by atoms with Crippen LogP contribution in [-0.2, 0) is 9.59 Å². The van der Waals surface area contributed by atoms with Crippen molar-refractivity contribution in [3.05, 3.63) is 35.9 Å². The molecule has 1 aromatic carbocycles. The Hall–Kier alpha value is -2.21. The van der Waals surface area contributed by atoms with E-state index in [2.05, 4.69) is 15.3 Å². The number of nitrogens with one attached hydrogen (secondary N) is 1. The van der Waals surface area contributed by atoms with Gasteiger partial charge in [-0.25, -0.2) is 5.01 Å². The molecule has 27 heavy (non-hydrogen) atoms. The van der Waals surface area contributed by atoms with Crippen molar-refractivity contribution in [1.82, 2.24) is 15.2 Å². The SMILES string of the molecule is O=C(CCC(=O)N1CCC(c2ccccc2)=N1)NCCCN1CCCCC1. The molecule has 0 aromatic heterocycles. The molecule has 0 atom stereocenters. The molecule has 0 unspecified atom stereocenters. The minimum atomic E-state index is -0.0793. The number of nitrogens with zero attached hydrogens (tertiary/aromatic N) is 3. The lowest BCUT2D eigenvalue weighted by atomic mass is 10.1. The largest absolute Gasteiger partial charge is 0.356 e. The third-order valence-electron chi connectivity index (χ3n) is 5.18. The van der Waals surface area contributed by atoms with Crippen LogP contribution in [0.2, 0.25) is 0 Å². The number of carbonyl (C=O) groups is 2. The van der Waals surface area contributed by atoms with Crippen LogP contribution < -0.4 is 5.32 Å². The van der Waals surface area contributed by atoms with Gasteiger partial charge >= 0.3 is 0 Å². The van der Waals surface area contributed by atoms with Gasteiger partial charge in [-0.15, -0.1) is 0 Å². The molecule has 6 heteroatoms. The summed E-state index contributed by atoms with van der Waals surface area (Å²) in [6, 6.07) is 9.91. The molecule has 1 fully saturated rings. The molecule has 0 bridgehead atoms. The predicted molar refractivity (Wildman–Crippen MR) is 106 cm³/mol. The van der Waals surface area contributed by atoms with Gasteiger partial charge in [0.05, 0.1) is 12.3 Å². The van der Waals surface area contributed by atoms with Crippen molar-refractivity contribution in [2.45, 2.75) is 44.9 Å². The van der Waals surface area contributed by atoms with Crippen LogP contribution in [0.1, 0.15) is 50.5 Å². The third-order valence-corrected chi connectivity index (χ3v) is 5.18. The maximum Gasteiger partial charge on any atom is 0.243 e. The second-order valence-corrected chi connectivity index (χ2v) is 7.29. The van der Waals surface area contributed by atoms with Crippen molar-refractivity contribution in [3.63, 3.8) is 0 Å². The van der Waals surface area contributed by atoms with Crippen LogP contribution in [0.25, 0.3) is 0 Å². The molecule has 2 amide bonds. The predicted octanol–water partition coefficient (Wildman–Crippen LogP) is 2.40. The second-order valence-electron chi connectivity index (χ2n) is 7.29. The molecule has 0 aliphatic carbocycles. The normalized spacial score (nSPS) is 17.6. The fourth-order valence-corrected chi connectivity index (χ4v) is 3.62. The van der Waals surface area contributed by atoms with Gasteiger partial charge in [0.15, 0.2) is 0 Å². The average Bonchev–Trinajstić information content (AvgIpc) is 3.21.